The predicted octanol–water partition coefficient (Wildman–Crippen LogP) is 3.40. The monoisotopic (exact) mass is 264 g/mol. The zero-order valence-electron chi connectivity index (χ0n) is 8.36. The molecule has 0 atom stereocenters. The van der Waals surface area contributed by atoms with Gasteiger partial charge in [0.2, 0.25) is 0 Å². The molecule has 2 nitrogen and oxygen atoms in total. The number of allylic oxidation sites excluding steroid dienone is 1. The largest absolute Gasteiger partial charge is 0.405 e. The van der Waals surface area contributed by atoms with Gasteiger partial charge in [0, 0.05) is 16.1 Å². The van der Waals surface area contributed by atoms with Crippen LogP contribution in [0.2, 0.25) is 0 Å². The highest BCUT2D eigenvalue weighted by atomic mass is 79.9. The van der Waals surface area contributed by atoms with E-state index >= 15 is 0 Å². The van der Waals surface area contributed by atoms with Gasteiger partial charge in [0.05, 0.1) is 5.69 Å². The topological polar surface area (TPSA) is 38.4 Å². The summed E-state index contributed by atoms with van der Waals surface area (Å²) in [6.07, 6.45) is 5.94. The van der Waals surface area contributed by atoms with Crippen molar-refractivity contribution in [3.8, 4) is 0 Å². The SMILES string of the molecule is NC=CC(=Nc1ccc(Br)cc1)C1CC1. The van der Waals surface area contributed by atoms with Crippen molar-refractivity contribution in [1.29, 1.82) is 0 Å². The summed E-state index contributed by atoms with van der Waals surface area (Å²) in [5.74, 6) is 0.619. The zero-order chi connectivity index (χ0) is 10.7. The second kappa shape index (κ2) is 4.62. The summed E-state index contributed by atoms with van der Waals surface area (Å²) in [6.45, 7) is 0. The molecule has 1 fully saturated rings. The third kappa shape index (κ3) is 2.93. The van der Waals surface area contributed by atoms with Gasteiger partial charge in [-0.25, -0.2) is 0 Å². The van der Waals surface area contributed by atoms with E-state index < -0.39 is 0 Å². The van der Waals surface area contributed by atoms with E-state index in [-0.39, 0.29) is 0 Å². The van der Waals surface area contributed by atoms with Crippen molar-refractivity contribution in [2.45, 2.75) is 12.8 Å². The maximum Gasteiger partial charge on any atom is 0.0633 e. The van der Waals surface area contributed by atoms with E-state index in [1.165, 1.54) is 12.8 Å². The normalized spacial score (nSPS) is 17.3. The van der Waals surface area contributed by atoms with Crippen LogP contribution in [0.4, 0.5) is 5.69 Å². The molecular formula is C12H13BrN2. The highest BCUT2D eigenvalue weighted by Gasteiger charge is 2.25. The molecule has 0 amide bonds. The Morgan fingerprint density at radius 3 is 2.53 bits per heavy atom. The van der Waals surface area contributed by atoms with Gasteiger partial charge in [-0.3, -0.25) is 4.99 Å². The van der Waals surface area contributed by atoms with Crippen molar-refractivity contribution in [3.63, 3.8) is 0 Å². The summed E-state index contributed by atoms with van der Waals surface area (Å²) in [4.78, 5) is 4.58. The van der Waals surface area contributed by atoms with Crippen LogP contribution in [-0.4, -0.2) is 5.71 Å². The van der Waals surface area contributed by atoms with Crippen LogP contribution in [-0.2, 0) is 0 Å². The molecule has 0 spiro atoms. The molecule has 78 valence electrons. The maximum absolute atomic E-state index is 5.40. The van der Waals surface area contributed by atoms with Crippen LogP contribution in [0.3, 0.4) is 0 Å². The van der Waals surface area contributed by atoms with Crippen LogP contribution in [0.15, 0.2) is 46.0 Å². The number of aliphatic imine (C=N–C) groups is 1. The van der Waals surface area contributed by atoms with E-state index in [0.717, 1.165) is 15.9 Å². The minimum Gasteiger partial charge on any atom is -0.405 e. The average Bonchev–Trinajstić information content (AvgIpc) is 3.04. The van der Waals surface area contributed by atoms with Crippen LogP contribution >= 0.6 is 15.9 Å². The molecule has 2 N–H and O–H groups in total. The van der Waals surface area contributed by atoms with Gasteiger partial charge in [0.25, 0.3) is 0 Å². The molecule has 1 aromatic rings. The van der Waals surface area contributed by atoms with Gasteiger partial charge in [-0.1, -0.05) is 15.9 Å². The Kier molecular flexibility index (Phi) is 3.21. The summed E-state index contributed by atoms with van der Waals surface area (Å²) in [7, 11) is 0. The highest BCUT2D eigenvalue weighted by molar-refractivity contribution is 9.10. The van der Waals surface area contributed by atoms with E-state index in [1.807, 2.05) is 30.3 Å². The first-order valence-electron chi connectivity index (χ1n) is 5.02. The third-order valence-corrected chi connectivity index (χ3v) is 2.88. The smallest absolute Gasteiger partial charge is 0.0633 e. The third-order valence-electron chi connectivity index (χ3n) is 2.35. The number of hydrogen-bond donors (Lipinski definition) is 1. The lowest BCUT2D eigenvalue weighted by atomic mass is 10.2. The van der Waals surface area contributed by atoms with Crippen molar-refractivity contribution in [1.82, 2.24) is 0 Å². The lowest BCUT2D eigenvalue weighted by Gasteiger charge is -1.99. The molecule has 3 heteroatoms. The van der Waals surface area contributed by atoms with Gasteiger partial charge in [-0.15, -0.1) is 0 Å². The molecule has 0 unspecified atom stereocenters. The van der Waals surface area contributed by atoms with Gasteiger partial charge in [-0.05, 0) is 49.4 Å². The maximum atomic E-state index is 5.40. The number of rotatable bonds is 3. The average molecular weight is 265 g/mol. The summed E-state index contributed by atoms with van der Waals surface area (Å²) >= 11 is 3.40. The highest BCUT2D eigenvalue weighted by Crippen LogP contribution is 2.32. The van der Waals surface area contributed by atoms with Gasteiger partial charge in [0.15, 0.2) is 0 Å². The van der Waals surface area contributed by atoms with Crippen molar-refractivity contribution < 1.29 is 0 Å². The van der Waals surface area contributed by atoms with E-state index in [9.17, 15) is 0 Å². The molecule has 1 aliphatic rings. The summed E-state index contributed by atoms with van der Waals surface area (Å²) < 4.78 is 1.07. The Morgan fingerprint density at radius 1 is 1.33 bits per heavy atom. The number of halogens is 1. The fourth-order valence-electron chi connectivity index (χ4n) is 1.41. The molecule has 1 saturated carbocycles. The first-order valence-corrected chi connectivity index (χ1v) is 5.81. The lowest BCUT2D eigenvalue weighted by molar-refractivity contribution is 1.19. The van der Waals surface area contributed by atoms with Crippen molar-refractivity contribution in [2.75, 3.05) is 0 Å². The van der Waals surface area contributed by atoms with Gasteiger partial charge >= 0.3 is 0 Å². The zero-order valence-corrected chi connectivity index (χ0v) is 9.94. The second-order valence-corrected chi connectivity index (χ2v) is 4.56. The minimum absolute atomic E-state index is 0.619. The summed E-state index contributed by atoms with van der Waals surface area (Å²) in [6, 6.07) is 7.98. The Labute approximate surface area is 98.0 Å². The number of hydrogen-bond acceptors (Lipinski definition) is 2. The Bertz CT molecular complexity index is 389. The molecule has 2 rings (SSSR count). The fraction of sp³-hybridized carbons (Fsp3) is 0.250. The molecular weight excluding hydrogens is 252 g/mol. The Balaban J connectivity index is 2.22. The van der Waals surface area contributed by atoms with Crippen LogP contribution in [0.1, 0.15) is 12.8 Å². The molecule has 0 radical (unpaired) electrons. The quantitative estimate of drug-likeness (QED) is 0.836. The van der Waals surface area contributed by atoms with Crippen molar-refractivity contribution in [2.24, 2.45) is 16.6 Å². The molecule has 1 aromatic carbocycles. The van der Waals surface area contributed by atoms with Crippen LogP contribution in [0, 0.1) is 5.92 Å². The number of nitrogens with zero attached hydrogens (tertiary/aromatic N) is 1. The minimum atomic E-state index is 0.619. The predicted molar refractivity (Wildman–Crippen MR) is 67.3 cm³/mol. The van der Waals surface area contributed by atoms with E-state index in [0.29, 0.717) is 5.92 Å². The molecule has 0 aromatic heterocycles. The van der Waals surface area contributed by atoms with Gasteiger partial charge < -0.3 is 5.73 Å². The Hall–Kier alpha value is -1.09. The summed E-state index contributed by atoms with van der Waals surface area (Å²) in [5, 5.41) is 0. The number of benzene rings is 1. The molecule has 0 bridgehead atoms. The van der Waals surface area contributed by atoms with Crippen LogP contribution < -0.4 is 5.73 Å². The van der Waals surface area contributed by atoms with Crippen LogP contribution in [0.25, 0.3) is 0 Å². The number of nitrogens with two attached hydrogens (primary N) is 1. The van der Waals surface area contributed by atoms with Crippen LogP contribution in [0.5, 0.6) is 0 Å². The Morgan fingerprint density at radius 2 is 2.00 bits per heavy atom. The van der Waals surface area contributed by atoms with Crippen molar-refractivity contribution >= 4 is 27.3 Å². The molecule has 0 saturated heterocycles. The van der Waals surface area contributed by atoms with E-state index in [2.05, 4.69) is 20.9 Å². The first-order chi connectivity index (χ1) is 7.29. The molecule has 1 aliphatic carbocycles. The van der Waals surface area contributed by atoms with Gasteiger partial charge in [-0.2, -0.15) is 0 Å². The lowest BCUT2D eigenvalue weighted by Crippen LogP contribution is -1.97. The molecule has 0 heterocycles. The van der Waals surface area contributed by atoms with E-state index in [4.69, 9.17) is 5.73 Å². The van der Waals surface area contributed by atoms with E-state index in [1.54, 1.807) is 6.20 Å². The first kappa shape index (κ1) is 10.4. The summed E-state index contributed by atoms with van der Waals surface area (Å²) in [5.41, 5.74) is 7.49. The molecule has 0 aliphatic heterocycles. The second-order valence-electron chi connectivity index (χ2n) is 3.65. The van der Waals surface area contributed by atoms with Crippen molar-refractivity contribution in [3.05, 3.63) is 41.0 Å². The molecule has 15 heavy (non-hydrogen) atoms. The fourth-order valence-corrected chi connectivity index (χ4v) is 1.67. The standard InChI is InChI=1S/C12H13BrN2/c13-10-3-5-11(6-4-10)15-12(7-8-14)9-1-2-9/h3-9H,1-2,14H2. The van der Waals surface area contributed by atoms with Gasteiger partial charge in [0.1, 0.15) is 0 Å².